The maximum atomic E-state index is 11.9. The monoisotopic (exact) mass is 451 g/mol. The lowest BCUT2D eigenvalue weighted by molar-refractivity contribution is -0.257. The Hall–Kier alpha value is -3.47. The van der Waals surface area contributed by atoms with Gasteiger partial charge in [0.1, 0.15) is 30.8 Å². The smallest absolute Gasteiger partial charge is 0.303 e. The highest BCUT2D eigenvalue weighted by molar-refractivity contribution is 5.75. The first-order valence-electron chi connectivity index (χ1n) is 9.73. The molecule has 5 atom stereocenters. The summed E-state index contributed by atoms with van der Waals surface area (Å²) in [4.78, 5) is 57.6. The molecule has 11 nitrogen and oxygen atoms in total. The average molecular weight is 451 g/mol. The Morgan fingerprint density at radius 3 is 2.03 bits per heavy atom. The molecule has 174 valence electrons. The van der Waals surface area contributed by atoms with Crippen molar-refractivity contribution in [3.63, 3.8) is 0 Å². The van der Waals surface area contributed by atoms with E-state index in [1.54, 1.807) is 0 Å². The summed E-state index contributed by atoms with van der Waals surface area (Å²) in [7, 11) is 0. The number of amides is 1. The van der Waals surface area contributed by atoms with Gasteiger partial charge in [-0.15, -0.1) is 0 Å². The fourth-order valence-corrected chi connectivity index (χ4v) is 3.15. The van der Waals surface area contributed by atoms with Crippen molar-refractivity contribution in [2.45, 2.75) is 58.3 Å². The van der Waals surface area contributed by atoms with Gasteiger partial charge >= 0.3 is 17.9 Å². The first kappa shape index (κ1) is 24.8. The third-order valence-electron chi connectivity index (χ3n) is 4.34. The molecule has 1 aliphatic rings. The maximum absolute atomic E-state index is 11.9. The van der Waals surface area contributed by atoms with Crippen LogP contribution in [0.1, 0.15) is 38.1 Å². The summed E-state index contributed by atoms with van der Waals surface area (Å²) in [6.07, 6.45) is -4.05. The van der Waals surface area contributed by atoms with Crippen LogP contribution in [0.2, 0.25) is 0 Å². The minimum absolute atomic E-state index is 0.287. The van der Waals surface area contributed by atoms with E-state index in [9.17, 15) is 24.0 Å². The van der Waals surface area contributed by atoms with E-state index in [1.807, 2.05) is 0 Å². The van der Waals surface area contributed by atoms with Gasteiger partial charge in [-0.1, -0.05) is 0 Å². The lowest BCUT2D eigenvalue weighted by Crippen LogP contribution is -2.67. The quantitative estimate of drug-likeness (QED) is 0.338. The highest BCUT2D eigenvalue weighted by Gasteiger charge is 2.51. The van der Waals surface area contributed by atoms with Gasteiger partial charge in [0.2, 0.25) is 12.2 Å². The Morgan fingerprint density at radius 1 is 0.938 bits per heavy atom. The lowest BCUT2D eigenvalue weighted by Gasteiger charge is -2.44. The van der Waals surface area contributed by atoms with Crippen LogP contribution in [0.3, 0.4) is 0 Å². The second kappa shape index (κ2) is 11.2. The van der Waals surface area contributed by atoms with E-state index < -0.39 is 54.5 Å². The third-order valence-corrected chi connectivity index (χ3v) is 4.34. The highest BCUT2D eigenvalue weighted by Crippen LogP contribution is 2.29. The lowest BCUT2D eigenvalue weighted by atomic mass is 9.96. The molecule has 0 spiro atoms. The van der Waals surface area contributed by atoms with E-state index >= 15 is 0 Å². The van der Waals surface area contributed by atoms with Gasteiger partial charge in [-0.05, 0) is 24.3 Å². The molecule has 1 aliphatic heterocycles. The van der Waals surface area contributed by atoms with Gasteiger partial charge in [-0.2, -0.15) is 0 Å². The van der Waals surface area contributed by atoms with Gasteiger partial charge in [0.15, 0.2) is 12.2 Å². The van der Waals surface area contributed by atoms with Gasteiger partial charge in [0.05, 0.1) is 0 Å². The zero-order chi connectivity index (χ0) is 23.8. The van der Waals surface area contributed by atoms with Crippen molar-refractivity contribution in [3.8, 4) is 5.75 Å². The minimum atomic E-state index is -1.22. The van der Waals surface area contributed by atoms with Crippen molar-refractivity contribution in [1.82, 2.24) is 5.32 Å². The largest absolute Gasteiger partial charge is 0.463 e. The van der Waals surface area contributed by atoms with Crippen molar-refractivity contribution in [2.75, 3.05) is 6.61 Å². The van der Waals surface area contributed by atoms with Crippen LogP contribution < -0.4 is 10.1 Å². The molecular formula is C21H25NO10. The zero-order valence-electron chi connectivity index (χ0n) is 18.1. The number of ether oxygens (including phenoxy) is 5. The number of esters is 3. The first-order chi connectivity index (χ1) is 15.1. The molecule has 0 bridgehead atoms. The number of nitrogens with one attached hydrogen (secondary N) is 1. The van der Waals surface area contributed by atoms with Crippen LogP contribution in [0.25, 0.3) is 0 Å². The molecule has 1 fully saturated rings. The van der Waals surface area contributed by atoms with Crippen molar-refractivity contribution in [1.29, 1.82) is 0 Å². The summed E-state index contributed by atoms with van der Waals surface area (Å²) in [6.45, 7) is 4.41. The van der Waals surface area contributed by atoms with E-state index in [2.05, 4.69) is 5.32 Å². The standard InChI is InChI=1S/C21H25NO10/c1-11(24)22-18-20(30-14(4)27)19(29-13(3)26)17(10-28-12(2)25)32-21(18)31-16-7-5-15(9-23)6-8-16/h5-9,17-21H,10H2,1-4H3,(H,22,24)/t17-,18-,19-,20-,21+/m1/s1. The van der Waals surface area contributed by atoms with Gasteiger partial charge < -0.3 is 29.0 Å². The molecule has 0 unspecified atom stereocenters. The third kappa shape index (κ3) is 7.05. The fraction of sp³-hybridized carbons (Fsp3) is 0.476. The van der Waals surface area contributed by atoms with E-state index in [1.165, 1.54) is 38.1 Å². The predicted molar refractivity (Wildman–Crippen MR) is 106 cm³/mol. The van der Waals surface area contributed by atoms with Crippen molar-refractivity contribution >= 4 is 30.1 Å². The highest BCUT2D eigenvalue weighted by atomic mass is 16.7. The molecule has 1 amide bonds. The maximum Gasteiger partial charge on any atom is 0.303 e. The molecule has 32 heavy (non-hydrogen) atoms. The average Bonchev–Trinajstić information content (AvgIpc) is 2.70. The molecule has 1 saturated heterocycles. The van der Waals surface area contributed by atoms with Crippen molar-refractivity contribution < 1.29 is 47.7 Å². The first-order valence-corrected chi connectivity index (χ1v) is 9.73. The van der Waals surface area contributed by atoms with E-state index in [0.29, 0.717) is 11.8 Å². The van der Waals surface area contributed by atoms with Crippen LogP contribution in [0.5, 0.6) is 5.75 Å². The van der Waals surface area contributed by atoms with Crippen molar-refractivity contribution in [3.05, 3.63) is 29.8 Å². The van der Waals surface area contributed by atoms with Crippen LogP contribution in [-0.2, 0) is 38.1 Å². The van der Waals surface area contributed by atoms with Crippen molar-refractivity contribution in [2.24, 2.45) is 0 Å². The normalized spacial score (nSPS) is 24.6. The van der Waals surface area contributed by atoms with Crippen LogP contribution in [0.15, 0.2) is 24.3 Å². The predicted octanol–water partition coefficient (Wildman–Crippen LogP) is 0.534. The molecule has 0 radical (unpaired) electrons. The number of hydrogen-bond acceptors (Lipinski definition) is 10. The summed E-state index contributed by atoms with van der Waals surface area (Å²) in [5.41, 5.74) is 0.417. The van der Waals surface area contributed by atoms with Gasteiger partial charge in [-0.3, -0.25) is 24.0 Å². The molecule has 1 aromatic carbocycles. The topological polar surface area (TPSA) is 144 Å². The fourth-order valence-electron chi connectivity index (χ4n) is 3.15. The number of carbonyl (C=O) groups is 5. The molecule has 0 saturated carbocycles. The SMILES string of the molecule is CC(=O)N[C@H]1[C@@H](Oc2ccc(C=O)cc2)O[C@H](COC(C)=O)[C@@H](OC(C)=O)[C@@H]1OC(C)=O. The molecule has 0 aromatic heterocycles. The van der Waals surface area contributed by atoms with Crippen LogP contribution >= 0.6 is 0 Å². The Balaban J connectivity index is 2.43. The molecular weight excluding hydrogens is 426 g/mol. The molecule has 0 aliphatic carbocycles. The summed E-state index contributed by atoms with van der Waals surface area (Å²) in [5.74, 6) is -2.21. The summed E-state index contributed by atoms with van der Waals surface area (Å²) in [6, 6.07) is 4.97. The Labute approximate surface area is 184 Å². The van der Waals surface area contributed by atoms with E-state index in [-0.39, 0.29) is 12.4 Å². The second-order valence-electron chi connectivity index (χ2n) is 7.02. The van der Waals surface area contributed by atoms with Gasteiger partial charge in [-0.25, -0.2) is 0 Å². The Bertz CT molecular complexity index is 853. The zero-order valence-corrected chi connectivity index (χ0v) is 18.1. The number of rotatable bonds is 8. The minimum Gasteiger partial charge on any atom is -0.463 e. The number of aldehydes is 1. The molecule has 1 aromatic rings. The Morgan fingerprint density at radius 2 is 1.53 bits per heavy atom. The van der Waals surface area contributed by atoms with Gasteiger partial charge in [0.25, 0.3) is 0 Å². The van der Waals surface area contributed by atoms with E-state index in [0.717, 1.165) is 13.8 Å². The molecule has 1 heterocycles. The van der Waals surface area contributed by atoms with Crippen LogP contribution in [0.4, 0.5) is 0 Å². The molecule has 1 N–H and O–H groups in total. The Kier molecular flexibility index (Phi) is 8.71. The summed E-state index contributed by atoms with van der Waals surface area (Å²) in [5, 5.41) is 2.60. The molecule has 11 heteroatoms. The summed E-state index contributed by atoms with van der Waals surface area (Å²) >= 11 is 0. The number of carbonyl (C=O) groups excluding carboxylic acids is 5. The van der Waals surface area contributed by atoms with Crippen LogP contribution in [0, 0.1) is 0 Å². The number of hydrogen-bond donors (Lipinski definition) is 1. The summed E-state index contributed by atoms with van der Waals surface area (Å²) < 4.78 is 27.4. The number of benzene rings is 1. The molecule has 2 rings (SSSR count). The van der Waals surface area contributed by atoms with Crippen LogP contribution in [-0.4, -0.2) is 67.4 Å². The van der Waals surface area contributed by atoms with Gasteiger partial charge in [0, 0.05) is 33.3 Å². The second-order valence-corrected chi connectivity index (χ2v) is 7.02. The van der Waals surface area contributed by atoms with E-state index in [4.69, 9.17) is 23.7 Å².